The standard InChI is InChI=1S/C16H21O4S.BF4/c1-5-18-12-8-13(19-6-2)16-11(10-21(3)4)7-15(17)20-14(16)9-12;2-1(3,4)5/h7-9H,5-6,10H2,1-4H3;/q+1;-1. The van der Waals surface area contributed by atoms with Crippen molar-refractivity contribution in [2.24, 2.45) is 0 Å². The van der Waals surface area contributed by atoms with Gasteiger partial charge in [0.1, 0.15) is 22.8 Å². The van der Waals surface area contributed by atoms with Crippen molar-refractivity contribution >= 4 is 29.1 Å². The Hall–Kier alpha value is -1.84. The molecule has 2 aromatic rings. The molecule has 0 unspecified atom stereocenters. The highest BCUT2D eigenvalue weighted by Crippen LogP contribution is 2.34. The summed E-state index contributed by atoms with van der Waals surface area (Å²) in [5.41, 5.74) is 1.16. The number of halogens is 4. The minimum atomic E-state index is -6.00. The molecule has 0 aliphatic rings. The topological polar surface area (TPSA) is 48.7 Å². The molecule has 0 spiro atoms. The Balaban J connectivity index is 0.000000597. The minimum absolute atomic E-state index is 0.181. The van der Waals surface area contributed by atoms with E-state index >= 15 is 0 Å². The largest absolute Gasteiger partial charge is 0.673 e. The Morgan fingerprint density at radius 1 is 1.04 bits per heavy atom. The molecule has 4 nitrogen and oxygen atoms in total. The first-order valence-electron chi connectivity index (χ1n) is 7.83. The van der Waals surface area contributed by atoms with Gasteiger partial charge in [0.15, 0.2) is 0 Å². The summed E-state index contributed by atoms with van der Waals surface area (Å²) in [4.78, 5) is 11.8. The van der Waals surface area contributed by atoms with Gasteiger partial charge in [0, 0.05) is 23.8 Å². The van der Waals surface area contributed by atoms with Gasteiger partial charge in [-0.15, -0.1) is 0 Å². The molecule has 2 rings (SSSR count). The Morgan fingerprint density at radius 3 is 2.12 bits per heavy atom. The van der Waals surface area contributed by atoms with Gasteiger partial charge in [-0.3, -0.25) is 0 Å². The number of rotatable bonds is 6. The van der Waals surface area contributed by atoms with Crippen LogP contribution in [0.3, 0.4) is 0 Å². The van der Waals surface area contributed by atoms with Gasteiger partial charge in [0.2, 0.25) is 0 Å². The fraction of sp³-hybridized carbons (Fsp3) is 0.438. The minimum Gasteiger partial charge on any atom is -0.494 e. The highest BCUT2D eigenvalue weighted by atomic mass is 32.2. The van der Waals surface area contributed by atoms with Crippen LogP contribution in [0.2, 0.25) is 0 Å². The van der Waals surface area contributed by atoms with E-state index in [2.05, 4.69) is 12.5 Å². The van der Waals surface area contributed by atoms with Gasteiger partial charge in [-0.05, 0) is 24.7 Å². The lowest BCUT2D eigenvalue weighted by Crippen LogP contribution is -2.07. The predicted molar refractivity (Wildman–Crippen MR) is 97.9 cm³/mol. The van der Waals surface area contributed by atoms with E-state index in [-0.39, 0.29) is 16.5 Å². The van der Waals surface area contributed by atoms with Crippen LogP contribution in [0, 0.1) is 0 Å². The van der Waals surface area contributed by atoms with Crippen LogP contribution in [0.5, 0.6) is 11.5 Å². The lowest BCUT2D eigenvalue weighted by atomic mass is 10.1. The van der Waals surface area contributed by atoms with Crippen molar-refractivity contribution in [2.75, 3.05) is 25.7 Å². The molecule has 1 aromatic heterocycles. The fourth-order valence-electron chi connectivity index (χ4n) is 2.26. The van der Waals surface area contributed by atoms with Crippen LogP contribution >= 0.6 is 0 Å². The molecular formula is C16H21BF4O4S. The maximum atomic E-state index is 11.8. The Kier molecular flexibility index (Phi) is 8.33. The first-order valence-corrected chi connectivity index (χ1v) is 10.0. The molecule has 1 heterocycles. The normalized spacial score (nSPS) is 11.3. The molecule has 0 N–H and O–H groups in total. The van der Waals surface area contributed by atoms with Crippen LogP contribution < -0.4 is 15.1 Å². The summed E-state index contributed by atoms with van der Waals surface area (Å²) < 4.78 is 55.6. The highest BCUT2D eigenvalue weighted by molar-refractivity contribution is 7.94. The Morgan fingerprint density at radius 2 is 1.62 bits per heavy atom. The van der Waals surface area contributed by atoms with Crippen molar-refractivity contribution in [3.05, 3.63) is 34.2 Å². The molecule has 0 radical (unpaired) electrons. The lowest BCUT2D eigenvalue weighted by molar-refractivity contribution is 0.325. The molecule has 0 aliphatic carbocycles. The molecule has 0 saturated carbocycles. The molecule has 26 heavy (non-hydrogen) atoms. The van der Waals surface area contributed by atoms with Gasteiger partial charge in [-0.1, -0.05) is 0 Å². The Bertz CT molecular complexity index is 771. The van der Waals surface area contributed by atoms with Gasteiger partial charge in [-0.25, -0.2) is 4.79 Å². The van der Waals surface area contributed by atoms with E-state index in [9.17, 15) is 22.1 Å². The van der Waals surface area contributed by atoms with Gasteiger partial charge in [0.05, 0.1) is 31.1 Å². The van der Waals surface area contributed by atoms with E-state index in [1.807, 2.05) is 19.9 Å². The summed E-state index contributed by atoms with van der Waals surface area (Å²) in [6, 6.07) is 5.19. The van der Waals surface area contributed by atoms with E-state index in [0.29, 0.717) is 30.3 Å². The SMILES string of the molecule is CCOc1cc(OCC)c2c(C[S+](C)C)cc(=O)oc2c1.F[B-](F)(F)F. The molecule has 146 valence electrons. The number of ether oxygens (including phenoxy) is 2. The maximum absolute atomic E-state index is 11.8. The molecule has 0 aliphatic heterocycles. The van der Waals surface area contributed by atoms with Gasteiger partial charge in [0.25, 0.3) is 0 Å². The average Bonchev–Trinajstić information content (AvgIpc) is 2.44. The first-order chi connectivity index (χ1) is 12.0. The van der Waals surface area contributed by atoms with E-state index in [0.717, 1.165) is 16.7 Å². The summed E-state index contributed by atoms with van der Waals surface area (Å²) in [5.74, 6) is 2.19. The molecule has 1 aromatic carbocycles. The molecule has 0 saturated heterocycles. The Labute approximate surface area is 151 Å². The fourth-order valence-corrected chi connectivity index (χ4v) is 3.11. The van der Waals surface area contributed by atoms with Gasteiger partial charge < -0.3 is 31.2 Å². The van der Waals surface area contributed by atoms with Crippen molar-refractivity contribution in [2.45, 2.75) is 19.6 Å². The smallest absolute Gasteiger partial charge is 0.494 e. The summed E-state index contributed by atoms with van der Waals surface area (Å²) in [6.45, 7) is 4.95. The van der Waals surface area contributed by atoms with Crippen LogP contribution in [0.15, 0.2) is 27.4 Å². The van der Waals surface area contributed by atoms with Crippen LogP contribution in [-0.4, -0.2) is 33.0 Å². The van der Waals surface area contributed by atoms with Crippen LogP contribution in [-0.2, 0) is 16.6 Å². The summed E-state index contributed by atoms with van der Waals surface area (Å²) in [6.07, 6.45) is 4.30. The summed E-state index contributed by atoms with van der Waals surface area (Å²) in [7, 11) is -5.82. The zero-order valence-corrected chi connectivity index (χ0v) is 15.8. The molecule has 0 bridgehead atoms. The third-order valence-corrected chi connectivity index (χ3v) is 3.81. The monoisotopic (exact) mass is 396 g/mol. The van der Waals surface area contributed by atoms with E-state index in [4.69, 9.17) is 13.9 Å². The second kappa shape index (κ2) is 9.75. The quantitative estimate of drug-likeness (QED) is 0.317. The number of benzene rings is 1. The lowest BCUT2D eigenvalue weighted by Gasteiger charge is -2.12. The maximum Gasteiger partial charge on any atom is 0.673 e. The zero-order valence-electron chi connectivity index (χ0n) is 15.0. The number of hydrogen-bond acceptors (Lipinski definition) is 4. The predicted octanol–water partition coefficient (Wildman–Crippen LogP) is 4.27. The molecule has 0 amide bonds. The van der Waals surface area contributed by atoms with E-state index in [1.165, 1.54) is 0 Å². The molecular weight excluding hydrogens is 375 g/mol. The molecule has 10 heteroatoms. The first kappa shape index (κ1) is 22.2. The number of hydrogen-bond donors (Lipinski definition) is 0. The molecule has 0 atom stereocenters. The third-order valence-electron chi connectivity index (χ3n) is 2.92. The summed E-state index contributed by atoms with van der Waals surface area (Å²) >= 11 is 0. The highest BCUT2D eigenvalue weighted by Gasteiger charge is 2.20. The third kappa shape index (κ3) is 7.59. The van der Waals surface area contributed by atoms with Crippen LogP contribution in [0.1, 0.15) is 19.4 Å². The second-order valence-electron chi connectivity index (χ2n) is 5.38. The van der Waals surface area contributed by atoms with E-state index < -0.39 is 7.25 Å². The van der Waals surface area contributed by atoms with Crippen LogP contribution in [0.4, 0.5) is 17.3 Å². The van der Waals surface area contributed by atoms with Gasteiger partial charge in [-0.2, -0.15) is 0 Å². The van der Waals surface area contributed by atoms with E-state index in [1.54, 1.807) is 12.1 Å². The zero-order chi connectivity index (χ0) is 19.9. The van der Waals surface area contributed by atoms with Crippen molar-refractivity contribution in [1.82, 2.24) is 0 Å². The van der Waals surface area contributed by atoms with Crippen LogP contribution in [0.25, 0.3) is 11.0 Å². The van der Waals surface area contributed by atoms with Crippen molar-refractivity contribution in [1.29, 1.82) is 0 Å². The summed E-state index contributed by atoms with van der Waals surface area (Å²) in [5, 5.41) is 0.876. The van der Waals surface area contributed by atoms with Crippen molar-refractivity contribution in [3.63, 3.8) is 0 Å². The van der Waals surface area contributed by atoms with Gasteiger partial charge >= 0.3 is 12.9 Å². The molecule has 0 fully saturated rings. The van der Waals surface area contributed by atoms with Crippen molar-refractivity contribution < 1.29 is 31.2 Å². The van der Waals surface area contributed by atoms with Crippen molar-refractivity contribution in [3.8, 4) is 11.5 Å². The average molecular weight is 396 g/mol. The number of fused-ring (bicyclic) bond motifs is 1. The second-order valence-corrected chi connectivity index (χ2v) is 7.64.